The van der Waals surface area contributed by atoms with Gasteiger partial charge in [0.1, 0.15) is 5.82 Å². The lowest BCUT2D eigenvalue weighted by Crippen LogP contribution is -1.83. The first-order valence-corrected chi connectivity index (χ1v) is 4.67. The summed E-state index contributed by atoms with van der Waals surface area (Å²) in [7, 11) is 0. The first-order valence-electron chi connectivity index (χ1n) is 3.55. The van der Waals surface area contributed by atoms with E-state index in [2.05, 4.69) is 27.8 Å². The number of benzene rings is 1. The maximum absolute atomic E-state index is 12.9. The van der Waals surface area contributed by atoms with Gasteiger partial charge in [0, 0.05) is 5.56 Å². The van der Waals surface area contributed by atoms with E-state index in [-0.39, 0.29) is 5.82 Å². The highest BCUT2D eigenvalue weighted by molar-refractivity contribution is 9.09. The summed E-state index contributed by atoms with van der Waals surface area (Å²) in [6.45, 7) is 1.73. The predicted octanol–water partition coefficient (Wildman–Crippen LogP) is 2.88. The molecular formula is C10H8BrF. The number of hydrogen-bond donors (Lipinski definition) is 0. The second kappa shape index (κ2) is 4.27. The fourth-order valence-corrected chi connectivity index (χ4v) is 0.946. The number of hydrogen-bond acceptors (Lipinski definition) is 0. The molecule has 0 radical (unpaired) electrons. The average Bonchev–Trinajstić information content (AvgIpc) is 2.07. The van der Waals surface area contributed by atoms with Crippen LogP contribution in [0.1, 0.15) is 11.1 Å². The fourth-order valence-electron chi connectivity index (χ4n) is 0.806. The van der Waals surface area contributed by atoms with Crippen LogP contribution in [0.4, 0.5) is 4.39 Å². The normalized spacial score (nSPS) is 8.92. The monoisotopic (exact) mass is 226 g/mol. The topological polar surface area (TPSA) is 0 Å². The quantitative estimate of drug-likeness (QED) is 0.472. The zero-order chi connectivity index (χ0) is 8.97. The van der Waals surface area contributed by atoms with Crippen molar-refractivity contribution in [2.75, 3.05) is 5.33 Å². The van der Waals surface area contributed by atoms with Crippen LogP contribution in [0.5, 0.6) is 0 Å². The minimum Gasteiger partial charge on any atom is -0.207 e. The molecule has 0 bridgehead atoms. The van der Waals surface area contributed by atoms with Gasteiger partial charge in [0.05, 0.1) is 5.33 Å². The lowest BCUT2D eigenvalue weighted by molar-refractivity contribution is 0.618. The summed E-state index contributed by atoms with van der Waals surface area (Å²) in [4.78, 5) is 0. The van der Waals surface area contributed by atoms with Gasteiger partial charge in [0.15, 0.2) is 0 Å². The van der Waals surface area contributed by atoms with Crippen molar-refractivity contribution in [1.29, 1.82) is 0 Å². The molecule has 0 unspecified atom stereocenters. The Labute approximate surface area is 79.9 Å². The summed E-state index contributed by atoms with van der Waals surface area (Å²) >= 11 is 3.17. The third-order valence-electron chi connectivity index (χ3n) is 1.47. The summed E-state index contributed by atoms with van der Waals surface area (Å²) in [6.07, 6.45) is 0. The molecule has 0 N–H and O–H groups in total. The van der Waals surface area contributed by atoms with Crippen LogP contribution in [-0.2, 0) is 0 Å². The Morgan fingerprint density at radius 3 is 2.83 bits per heavy atom. The number of alkyl halides is 1. The summed E-state index contributed by atoms with van der Waals surface area (Å²) in [5.41, 5.74) is 1.37. The molecule has 12 heavy (non-hydrogen) atoms. The lowest BCUT2D eigenvalue weighted by Gasteiger charge is -1.94. The van der Waals surface area contributed by atoms with Gasteiger partial charge in [0.25, 0.3) is 0 Å². The highest BCUT2D eigenvalue weighted by Gasteiger charge is 1.95. The van der Waals surface area contributed by atoms with Crippen LogP contribution in [0.15, 0.2) is 18.2 Å². The number of rotatable bonds is 0. The van der Waals surface area contributed by atoms with Crippen molar-refractivity contribution in [1.82, 2.24) is 0 Å². The third kappa shape index (κ3) is 2.35. The van der Waals surface area contributed by atoms with E-state index in [0.29, 0.717) is 10.9 Å². The van der Waals surface area contributed by atoms with Gasteiger partial charge in [-0.3, -0.25) is 0 Å². The van der Waals surface area contributed by atoms with Crippen LogP contribution in [0, 0.1) is 24.6 Å². The summed E-state index contributed by atoms with van der Waals surface area (Å²) in [5.74, 6) is 5.44. The Hall–Kier alpha value is -0.810. The molecule has 0 heterocycles. The first-order chi connectivity index (χ1) is 5.74. The number of halogens is 2. The average molecular weight is 227 g/mol. The lowest BCUT2D eigenvalue weighted by atomic mass is 10.1. The predicted molar refractivity (Wildman–Crippen MR) is 51.8 cm³/mol. The van der Waals surface area contributed by atoms with Crippen LogP contribution in [0.3, 0.4) is 0 Å². The molecule has 0 nitrogen and oxygen atoms in total. The molecule has 0 amide bonds. The van der Waals surface area contributed by atoms with Gasteiger partial charge in [0.2, 0.25) is 0 Å². The molecule has 0 saturated carbocycles. The molecule has 0 aliphatic rings. The molecule has 62 valence electrons. The molecular weight excluding hydrogens is 219 g/mol. The van der Waals surface area contributed by atoms with Gasteiger partial charge >= 0.3 is 0 Å². The molecule has 0 atom stereocenters. The van der Waals surface area contributed by atoms with Crippen LogP contribution in [0.2, 0.25) is 0 Å². The second-order valence-electron chi connectivity index (χ2n) is 2.40. The van der Waals surface area contributed by atoms with Crippen molar-refractivity contribution >= 4 is 15.9 Å². The van der Waals surface area contributed by atoms with Crippen LogP contribution >= 0.6 is 15.9 Å². The van der Waals surface area contributed by atoms with E-state index in [9.17, 15) is 4.39 Å². The Balaban J connectivity index is 2.97. The second-order valence-corrected chi connectivity index (χ2v) is 2.96. The molecule has 1 rings (SSSR count). The Bertz CT molecular complexity index is 333. The molecule has 0 aliphatic carbocycles. The van der Waals surface area contributed by atoms with E-state index < -0.39 is 0 Å². The standard InChI is InChI=1S/C10H8BrF/c1-8-4-5-9(3-2-6-11)7-10(8)12/h4-5,7H,6H2,1H3. The van der Waals surface area contributed by atoms with Gasteiger partial charge in [-0.2, -0.15) is 0 Å². The smallest absolute Gasteiger partial charge is 0.127 e. The zero-order valence-corrected chi connectivity index (χ0v) is 8.28. The van der Waals surface area contributed by atoms with E-state index in [4.69, 9.17) is 0 Å². The van der Waals surface area contributed by atoms with Crippen molar-refractivity contribution in [3.63, 3.8) is 0 Å². The largest absolute Gasteiger partial charge is 0.207 e. The van der Waals surface area contributed by atoms with Crippen molar-refractivity contribution in [3.05, 3.63) is 35.1 Å². The highest BCUT2D eigenvalue weighted by atomic mass is 79.9. The molecule has 2 heteroatoms. The SMILES string of the molecule is Cc1ccc(C#CCBr)cc1F. The van der Waals surface area contributed by atoms with Crippen LogP contribution in [0.25, 0.3) is 0 Å². The summed E-state index contributed by atoms with van der Waals surface area (Å²) in [5, 5.41) is 0.614. The maximum Gasteiger partial charge on any atom is 0.127 e. The molecule has 1 aromatic rings. The molecule has 1 aromatic carbocycles. The van der Waals surface area contributed by atoms with Gasteiger partial charge in [-0.15, -0.1) is 0 Å². The van der Waals surface area contributed by atoms with Gasteiger partial charge in [-0.25, -0.2) is 4.39 Å². The third-order valence-corrected chi connectivity index (χ3v) is 1.75. The first kappa shape index (κ1) is 9.28. The summed E-state index contributed by atoms with van der Waals surface area (Å²) < 4.78 is 12.9. The summed E-state index contributed by atoms with van der Waals surface area (Å²) in [6, 6.07) is 4.99. The van der Waals surface area contributed by atoms with Gasteiger partial charge < -0.3 is 0 Å². The van der Waals surface area contributed by atoms with Crippen molar-refractivity contribution in [3.8, 4) is 11.8 Å². The molecule has 0 spiro atoms. The molecule has 0 fully saturated rings. The van der Waals surface area contributed by atoms with Crippen molar-refractivity contribution in [2.45, 2.75) is 6.92 Å². The van der Waals surface area contributed by atoms with E-state index in [1.807, 2.05) is 6.07 Å². The van der Waals surface area contributed by atoms with Crippen molar-refractivity contribution in [2.24, 2.45) is 0 Å². The van der Waals surface area contributed by atoms with Crippen LogP contribution < -0.4 is 0 Å². The molecule has 0 aliphatic heterocycles. The molecule has 0 aromatic heterocycles. The fraction of sp³-hybridized carbons (Fsp3) is 0.200. The van der Waals surface area contributed by atoms with E-state index in [0.717, 1.165) is 5.56 Å². The zero-order valence-electron chi connectivity index (χ0n) is 6.70. The van der Waals surface area contributed by atoms with E-state index >= 15 is 0 Å². The minimum absolute atomic E-state index is 0.198. The van der Waals surface area contributed by atoms with Gasteiger partial charge in [-0.05, 0) is 24.6 Å². The molecule has 0 saturated heterocycles. The van der Waals surface area contributed by atoms with Crippen LogP contribution in [-0.4, -0.2) is 5.33 Å². The van der Waals surface area contributed by atoms with E-state index in [1.165, 1.54) is 6.07 Å². The maximum atomic E-state index is 12.9. The Kier molecular flexibility index (Phi) is 3.31. The van der Waals surface area contributed by atoms with Crippen molar-refractivity contribution < 1.29 is 4.39 Å². The Morgan fingerprint density at radius 1 is 1.50 bits per heavy atom. The minimum atomic E-state index is -0.198. The van der Waals surface area contributed by atoms with Gasteiger partial charge in [-0.1, -0.05) is 33.8 Å². The number of aryl methyl sites for hydroxylation is 1. The Morgan fingerprint density at radius 2 is 2.25 bits per heavy atom. The highest BCUT2D eigenvalue weighted by Crippen LogP contribution is 2.07. The van der Waals surface area contributed by atoms with E-state index in [1.54, 1.807) is 13.0 Å².